The first-order chi connectivity index (χ1) is 7.99. The van der Waals surface area contributed by atoms with E-state index < -0.39 is 17.5 Å². The molecule has 0 aromatic carbocycles. The number of anilines is 1. The molecule has 0 bridgehead atoms. The van der Waals surface area contributed by atoms with Gasteiger partial charge < -0.3 is 11.5 Å². The predicted molar refractivity (Wildman–Crippen MR) is 54.2 cm³/mol. The average Bonchev–Trinajstić information content (AvgIpc) is 2.60. The van der Waals surface area contributed by atoms with Gasteiger partial charge in [0.15, 0.2) is 17.3 Å². The topological polar surface area (TPSA) is 99.8 Å². The minimum absolute atomic E-state index is 0.0111. The molecule has 8 heteroatoms. The molecule has 1 amide bonds. The molecule has 4 N–H and O–H groups in total. The van der Waals surface area contributed by atoms with Gasteiger partial charge in [-0.2, -0.15) is 5.10 Å². The Labute approximate surface area is 93.9 Å². The number of hydrogen-bond donors (Lipinski definition) is 2. The molecule has 2 aromatic rings. The van der Waals surface area contributed by atoms with E-state index in [-0.39, 0.29) is 17.2 Å². The Balaban J connectivity index is 2.53. The van der Waals surface area contributed by atoms with Gasteiger partial charge in [0.1, 0.15) is 5.82 Å². The zero-order valence-electron chi connectivity index (χ0n) is 8.39. The SMILES string of the molecule is NC(=O)c1nn(-c2ncc(F)cc2F)cc1N. The molecule has 0 aliphatic carbocycles. The minimum atomic E-state index is -0.927. The number of nitrogens with two attached hydrogens (primary N) is 2. The summed E-state index contributed by atoms with van der Waals surface area (Å²) in [6, 6.07) is 0.643. The molecule has 0 saturated carbocycles. The number of aromatic nitrogens is 3. The molecule has 0 unspecified atom stereocenters. The van der Waals surface area contributed by atoms with E-state index in [9.17, 15) is 13.6 Å². The molecule has 17 heavy (non-hydrogen) atoms. The van der Waals surface area contributed by atoms with Crippen LogP contribution in [-0.2, 0) is 0 Å². The van der Waals surface area contributed by atoms with Crippen LogP contribution in [0.2, 0.25) is 0 Å². The number of carbonyl (C=O) groups excluding carboxylic acids is 1. The Morgan fingerprint density at radius 1 is 1.41 bits per heavy atom. The number of nitrogens with zero attached hydrogens (tertiary/aromatic N) is 3. The first-order valence-corrected chi connectivity index (χ1v) is 4.45. The van der Waals surface area contributed by atoms with Crippen molar-refractivity contribution in [2.75, 3.05) is 5.73 Å². The fraction of sp³-hybridized carbons (Fsp3) is 0. The molecule has 0 aliphatic rings. The van der Waals surface area contributed by atoms with Gasteiger partial charge in [0.2, 0.25) is 0 Å². The summed E-state index contributed by atoms with van der Waals surface area (Å²) in [6.45, 7) is 0. The van der Waals surface area contributed by atoms with Crippen LogP contribution in [0.4, 0.5) is 14.5 Å². The molecule has 0 atom stereocenters. The normalized spacial score (nSPS) is 10.5. The van der Waals surface area contributed by atoms with Gasteiger partial charge in [-0.3, -0.25) is 4.79 Å². The number of amides is 1. The molecule has 0 aliphatic heterocycles. The summed E-state index contributed by atoms with van der Waals surface area (Å²) in [4.78, 5) is 14.4. The van der Waals surface area contributed by atoms with Crippen LogP contribution in [-0.4, -0.2) is 20.7 Å². The lowest BCUT2D eigenvalue weighted by atomic mass is 10.4. The fourth-order valence-electron chi connectivity index (χ4n) is 1.26. The maximum Gasteiger partial charge on any atom is 0.271 e. The molecule has 6 nitrogen and oxygen atoms in total. The summed E-state index contributed by atoms with van der Waals surface area (Å²) < 4.78 is 26.9. The standard InChI is InChI=1S/C9H7F2N5O/c10-4-1-5(11)9(14-2-4)16-3-6(12)7(15-16)8(13)17/h1-3H,12H2,(H2,13,17). The lowest BCUT2D eigenvalue weighted by Crippen LogP contribution is -2.14. The van der Waals surface area contributed by atoms with Crippen LogP contribution < -0.4 is 11.5 Å². The third kappa shape index (κ3) is 1.92. The lowest BCUT2D eigenvalue weighted by Gasteiger charge is -2.00. The number of halogens is 2. The van der Waals surface area contributed by atoms with Crippen molar-refractivity contribution in [2.45, 2.75) is 0 Å². The van der Waals surface area contributed by atoms with E-state index in [1.165, 1.54) is 6.20 Å². The van der Waals surface area contributed by atoms with Gasteiger partial charge in [-0.1, -0.05) is 0 Å². The third-order valence-electron chi connectivity index (χ3n) is 1.98. The Morgan fingerprint density at radius 2 is 2.12 bits per heavy atom. The molecule has 0 spiro atoms. The highest BCUT2D eigenvalue weighted by Crippen LogP contribution is 2.15. The highest BCUT2D eigenvalue weighted by molar-refractivity contribution is 5.95. The molecule has 2 aromatic heterocycles. The van der Waals surface area contributed by atoms with E-state index in [1.54, 1.807) is 0 Å². The third-order valence-corrected chi connectivity index (χ3v) is 1.98. The number of pyridine rings is 1. The highest BCUT2D eigenvalue weighted by atomic mass is 19.1. The first-order valence-electron chi connectivity index (χ1n) is 4.45. The van der Waals surface area contributed by atoms with Gasteiger partial charge in [0.05, 0.1) is 18.1 Å². The van der Waals surface area contributed by atoms with Crippen LogP contribution in [0.3, 0.4) is 0 Å². The van der Waals surface area contributed by atoms with E-state index in [0.717, 1.165) is 10.9 Å². The van der Waals surface area contributed by atoms with E-state index >= 15 is 0 Å². The summed E-state index contributed by atoms with van der Waals surface area (Å²) in [5, 5.41) is 3.66. The van der Waals surface area contributed by atoms with Gasteiger partial charge in [-0.15, -0.1) is 0 Å². The van der Waals surface area contributed by atoms with Crippen LogP contribution in [0.15, 0.2) is 18.5 Å². The summed E-state index contributed by atoms with van der Waals surface area (Å²) in [5.41, 5.74) is 10.2. The van der Waals surface area contributed by atoms with Crippen LogP contribution in [0.25, 0.3) is 5.82 Å². The van der Waals surface area contributed by atoms with Gasteiger partial charge in [0.25, 0.3) is 5.91 Å². The Hall–Kier alpha value is -2.51. The van der Waals surface area contributed by atoms with E-state index in [1.807, 2.05) is 0 Å². The summed E-state index contributed by atoms with van der Waals surface area (Å²) in [5.74, 6) is -2.86. The maximum atomic E-state index is 13.4. The van der Waals surface area contributed by atoms with E-state index in [0.29, 0.717) is 6.07 Å². The maximum absolute atomic E-state index is 13.4. The second-order valence-corrected chi connectivity index (χ2v) is 3.20. The fourth-order valence-corrected chi connectivity index (χ4v) is 1.26. The summed E-state index contributed by atoms with van der Waals surface area (Å²) in [7, 11) is 0. The van der Waals surface area contributed by atoms with Crippen molar-refractivity contribution in [2.24, 2.45) is 5.73 Å². The largest absolute Gasteiger partial charge is 0.396 e. The molecule has 0 saturated heterocycles. The zero-order chi connectivity index (χ0) is 12.6. The number of hydrogen-bond acceptors (Lipinski definition) is 4. The molecular formula is C9H7F2N5O. The highest BCUT2D eigenvalue weighted by Gasteiger charge is 2.15. The van der Waals surface area contributed by atoms with Crippen molar-refractivity contribution in [1.82, 2.24) is 14.8 Å². The zero-order valence-corrected chi connectivity index (χ0v) is 8.39. The average molecular weight is 239 g/mol. The van der Waals surface area contributed by atoms with Crippen molar-refractivity contribution in [3.63, 3.8) is 0 Å². The van der Waals surface area contributed by atoms with Gasteiger partial charge in [-0.05, 0) is 0 Å². The predicted octanol–water partition coefficient (Wildman–Crippen LogP) is 0.227. The number of carbonyl (C=O) groups is 1. The summed E-state index contributed by atoms with van der Waals surface area (Å²) in [6.07, 6.45) is 1.99. The van der Waals surface area contributed by atoms with Crippen molar-refractivity contribution in [3.8, 4) is 5.82 Å². The molecule has 88 valence electrons. The van der Waals surface area contributed by atoms with E-state index in [2.05, 4.69) is 10.1 Å². The van der Waals surface area contributed by atoms with Gasteiger partial charge in [-0.25, -0.2) is 18.4 Å². The van der Waals surface area contributed by atoms with Crippen molar-refractivity contribution >= 4 is 11.6 Å². The Morgan fingerprint density at radius 3 is 2.65 bits per heavy atom. The molecule has 2 rings (SSSR count). The number of rotatable bonds is 2. The number of primary amides is 1. The van der Waals surface area contributed by atoms with Crippen LogP contribution in [0.1, 0.15) is 10.5 Å². The lowest BCUT2D eigenvalue weighted by molar-refractivity contribution is 0.0996. The Kier molecular flexibility index (Phi) is 2.47. The van der Waals surface area contributed by atoms with Crippen molar-refractivity contribution < 1.29 is 13.6 Å². The van der Waals surface area contributed by atoms with Crippen LogP contribution in [0.5, 0.6) is 0 Å². The minimum Gasteiger partial charge on any atom is -0.396 e. The first kappa shape index (κ1) is 11.0. The second kappa shape index (κ2) is 3.81. The van der Waals surface area contributed by atoms with Crippen molar-refractivity contribution in [3.05, 3.63) is 35.8 Å². The van der Waals surface area contributed by atoms with Crippen LogP contribution in [0, 0.1) is 11.6 Å². The van der Waals surface area contributed by atoms with E-state index in [4.69, 9.17) is 11.5 Å². The van der Waals surface area contributed by atoms with Gasteiger partial charge in [0, 0.05) is 6.07 Å². The summed E-state index contributed by atoms with van der Waals surface area (Å²) >= 11 is 0. The smallest absolute Gasteiger partial charge is 0.271 e. The second-order valence-electron chi connectivity index (χ2n) is 3.20. The monoisotopic (exact) mass is 239 g/mol. The molecule has 0 fully saturated rings. The molecular weight excluding hydrogens is 232 g/mol. The molecule has 0 radical (unpaired) electrons. The molecule has 2 heterocycles. The van der Waals surface area contributed by atoms with Crippen molar-refractivity contribution in [1.29, 1.82) is 0 Å². The quantitative estimate of drug-likeness (QED) is 0.783. The van der Waals surface area contributed by atoms with Gasteiger partial charge >= 0.3 is 0 Å². The van der Waals surface area contributed by atoms with Crippen LogP contribution >= 0.6 is 0 Å². The number of nitrogen functional groups attached to an aromatic ring is 1. The Bertz CT molecular complexity index is 595.